The number of halogens is 1. The van der Waals surface area contributed by atoms with Crippen LogP contribution in [0.1, 0.15) is 42.7 Å². The molecule has 0 aliphatic carbocycles. The smallest absolute Gasteiger partial charge is 0.251 e. The van der Waals surface area contributed by atoms with Crippen LogP contribution >= 0.6 is 0 Å². The molecule has 5 aromatic rings. The maximum absolute atomic E-state index is 13.3. The van der Waals surface area contributed by atoms with Gasteiger partial charge in [-0.25, -0.2) is 9.37 Å². The van der Waals surface area contributed by atoms with E-state index in [0.717, 1.165) is 16.3 Å². The first-order valence-corrected chi connectivity index (χ1v) is 12.7. The summed E-state index contributed by atoms with van der Waals surface area (Å²) in [5, 5.41) is 7.92. The van der Waals surface area contributed by atoms with E-state index in [9.17, 15) is 14.0 Å². The van der Waals surface area contributed by atoms with Gasteiger partial charge in [0.05, 0.1) is 11.7 Å². The van der Waals surface area contributed by atoms with E-state index in [1.165, 1.54) is 12.1 Å². The van der Waals surface area contributed by atoms with Crippen LogP contribution in [0.25, 0.3) is 33.5 Å². The molecule has 0 bridgehead atoms. The van der Waals surface area contributed by atoms with Crippen molar-refractivity contribution < 1.29 is 14.0 Å². The highest BCUT2D eigenvalue weighted by atomic mass is 19.1. The van der Waals surface area contributed by atoms with Crippen molar-refractivity contribution in [3.8, 4) is 22.8 Å². The number of hydrogen-bond acceptors (Lipinski definition) is 4. The third-order valence-electron chi connectivity index (χ3n) is 6.45. The van der Waals surface area contributed by atoms with Crippen LogP contribution in [0.4, 0.5) is 10.1 Å². The molecular weight excluding hydrogens is 493 g/mol. The first-order valence-electron chi connectivity index (χ1n) is 12.7. The molecule has 0 spiro atoms. The number of aromatic amines is 1. The van der Waals surface area contributed by atoms with Gasteiger partial charge in [0.1, 0.15) is 11.5 Å². The normalized spacial score (nSPS) is 11.9. The molecule has 3 N–H and O–H groups in total. The average Bonchev–Trinajstić information content (AvgIpc) is 3.43. The second-order valence-corrected chi connectivity index (χ2v) is 9.74. The van der Waals surface area contributed by atoms with Gasteiger partial charge in [-0.3, -0.25) is 14.6 Å². The topological polar surface area (TPSA) is 99.8 Å². The molecule has 0 fully saturated rings. The minimum atomic E-state index is -0.355. The van der Waals surface area contributed by atoms with Crippen molar-refractivity contribution in [3.63, 3.8) is 0 Å². The Balaban J connectivity index is 1.47. The van der Waals surface area contributed by atoms with Crippen LogP contribution < -0.4 is 10.6 Å². The van der Waals surface area contributed by atoms with Crippen molar-refractivity contribution in [1.29, 1.82) is 0 Å². The van der Waals surface area contributed by atoms with E-state index in [1.54, 1.807) is 56.6 Å². The lowest BCUT2D eigenvalue weighted by Gasteiger charge is -2.16. The summed E-state index contributed by atoms with van der Waals surface area (Å²) in [6.07, 6.45) is 3.55. The summed E-state index contributed by atoms with van der Waals surface area (Å²) in [7, 11) is 0. The Labute approximate surface area is 225 Å². The molecule has 0 unspecified atom stereocenters. The van der Waals surface area contributed by atoms with Crippen molar-refractivity contribution in [2.45, 2.75) is 26.8 Å². The number of aromatic nitrogens is 3. The van der Waals surface area contributed by atoms with E-state index in [2.05, 4.69) is 20.6 Å². The molecule has 1 atom stereocenters. The number of H-pyrrole nitrogens is 1. The summed E-state index contributed by atoms with van der Waals surface area (Å²) >= 11 is 0. The molecule has 39 heavy (non-hydrogen) atoms. The molecule has 2 heterocycles. The number of fused-ring (bicyclic) bond motifs is 1. The molecule has 0 saturated heterocycles. The zero-order chi connectivity index (χ0) is 27.5. The monoisotopic (exact) mass is 521 g/mol. The predicted molar refractivity (Wildman–Crippen MR) is 151 cm³/mol. The second kappa shape index (κ2) is 10.9. The average molecular weight is 522 g/mol. The van der Waals surface area contributed by atoms with Crippen molar-refractivity contribution >= 4 is 28.3 Å². The molecule has 0 aliphatic heterocycles. The van der Waals surface area contributed by atoms with Gasteiger partial charge in [-0.1, -0.05) is 50.2 Å². The molecule has 196 valence electrons. The van der Waals surface area contributed by atoms with Gasteiger partial charge in [0, 0.05) is 40.5 Å². The first-order chi connectivity index (χ1) is 18.8. The van der Waals surface area contributed by atoms with Crippen LogP contribution in [0.3, 0.4) is 0 Å². The van der Waals surface area contributed by atoms with Gasteiger partial charge < -0.3 is 15.6 Å². The Bertz CT molecular complexity index is 1660. The zero-order valence-electron chi connectivity index (χ0n) is 21.8. The standard InChI is InChI=1S/C31H28FN5O2/c1-18(2)30(38)36-26-13-23(12-24(14-26)31(39)35-19(3)20-8-10-25(32)11-9-20)28-17-34-29(37-28)27-15-21-6-4-5-7-22(21)16-33-27/h4-19H,1-3H3,(H,34,37)(H,35,39)(H,36,38)/t19-/m1/s1. The van der Waals surface area contributed by atoms with Gasteiger partial charge in [0.15, 0.2) is 5.82 Å². The fraction of sp³-hybridized carbons (Fsp3) is 0.161. The lowest BCUT2D eigenvalue weighted by Crippen LogP contribution is -2.27. The summed E-state index contributed by atoms with van der Waals surface area (Å²) in [4.78, 5) is 38.2. The zero-order valence-corrected chi connectivity index (χ0v) is 21.8. The van der Waals surface area contributed by atoms with Gasteiger partial charge in [-0.15, -0.1) is 0 Å². The highest BCUT2D eigenvalue weighted by Crippen LogP contribution is 2.27. The lowest BCUT2D eigenvalue weighted by atomic mass is 10.0. The van der Waals surface area contributed by atoms with E-state index in [0.29, 0.717) is 34.0 Å². The molecule has 0 saturated carbocycles. The molecule has 0 radical (unpaired) electrons. The summed E-state index contributed by atoms with van der Waals surface area (Å²) in [5.41, 5.74) is 3.55. The number of nitrogens with zero attached hydrogens (tertiary/aromatic N) is 2. The number of nitrogens with one attached hydrogen (secondary N) is 3. The summed E-state index contributed by atoms with van der Waals surface area (Å²) in [6.45, 7) is 5.43. The van der Waals surface area contributed by atoms with Crippen LogP contribution in [0.15, 0.2) is 85.2 Å². The van der Waals surface area contributed by atoms with Crippen LogP contribution in [-0.2, 0) is 4.79 Å². The van der Waals surface area contributed by atoms with Crippen molar-refractivity contribution in [2.24, 2.45) is 5.92 Å². The van der Waals surface area contributed by atoms with Gasteiger partial charge in [-0.2, -0.15) is 0 Å². The molecule has 3 aromatic carbocycles. The summed E-state index contributed by atoms with van der Waals surface area (Å²) in [5.74, 6) is -0.488. The number of carbonyl (C=O) groups excluding carboxylic acids is 2. The Hall–Kier alpha value is -4.85. The lowest BCUT2D eigenvalue weighted by molar-refractivity contribution is -0.118. The van der Waals surface area contributed by atoms with E-state index >= 15 is 0 Å². The minimum absolute atomic E-state index is 0.165. The second-order valence-electron chi connectivity index (χ2n) is 9.74. The van der Waals surface area contributed by atoms with Crippen LogP contribution in [0.5, 0.6) is 0 Å². The van der Waals surface area contributed by atoms with E-state index in [-0.39, 0.29) is 29.6 Å². The first kappa shape index (κ1) is 25.8. The highest BCUT2D eigenvalue weighted by Gasteiger charge is 2.17. The van der Waals surface area contributed by atoms with Crippen molar-refractivity contribution in [1.82, 2.24) is 20.3 Å². The Morgan fingerprint density at radius 3 is 2.38 bits per heavy atom. The number of amides is 2. The maximum atomic E-state index is 13.3. The maximum Gasteiger partial charge on any atom is 0.251 e. The number of rotatable bonds is 7. The molecule has 2 aromatic heterocycles. The van der Waals surface area contributed by atoms with Crippen LogP contribution in [0.2, 0.25) is 0 Å². The predicted octanol–water partition coefficient (Wildman–Crippen LogP) is 6.52. The fourth-order valence-electron chi connectivity index (χ4n) is 4.19. The van der Waals surface area contributed by atoms with Crippen molar-refractivity contribution in [3.05, 3.63) is 102 Å². The van der Waals surface area contributed by atoms with Gasteiger partial charge in [0.2, 0.25) is 5.91 Å². The molecule has 5 rings (SSSR count). The number of anilines is 1. The molecular formula is C31H28FN5O2. The highest BCUT2D eigenvalue weighted by molar-refractivity contribution is 5.99. The number of pyridine rings is 1. The molecule has 7 nitrogen and oxygen atoms in total. The van der Waals surface area contributed by atoms with E-state index in [1.807, 2.05) is 37.3 Å². The van der Waals surface area contributed by atoms with Gasteiger partial charge in [-0.05, 0) is 54.3 Å². The van der Waals surface area contributed by atoms with Crippen LogP contribution in [-0.4, -0.2) is 26.8 Å². The number of imidazole rings is 1. The molecule has 2 amide bonds. The minimum Gasteiger partial charge on any atom is -0.346 e. The quantitative estimate of drug-likeness (QED) is 0.227. The van der Waals surface area contributed by atoms with Gasteiger partial charge in [0.25, 0.3) is 5.91 Å². The fourth-order valence-corrected chi connectivity index (χ4v) is 4.19. The summed E-state index contributed by atoms with van der Waals surface area (Å²) < 4.78 is 13.3. The number of carbonyl (C=O) groups is 2. The largest absolute Gasteiger partial charge is 0.346 e. The third kappa shape index (κ3) is 5.85. The number of benzene rings is 3. The molecule has 0 aliphatic rings. The summed E-state index contributed by atoms with van der Waals surface area (Å²) in [6, 6.07) is 20.7. The van der Waals surface area contributed by atoms with Crippen molar-refractivity contribution in [2.75, 3.05) is 5.32 Å². The molecule has 8 heteroatoms. The third-order valence-corrected chi connectivity index (χ3v) is 6.45. The van der Waals surface area contributed by atoms with E-state index < -0.39 is 0 Å². The Kier molecular flexibility index (Phi) is 7.19. The number of hydrogen-bond donors (Lipinski definition) is 3. The van der Waals surface area contributed by atoms with E-state index in [4.69, 9.17) is 4.98 Å². The SMILES string of the molecule is CC(C)C(=O)Nc1cc(C(=O)N[C@H](C)c2ccc(F)cc2)cc(-c2c[nH]c(-c3cc4ccccc4cn3)n2)c1. The van der Waals surface area contributed by atoms with Crippen LogP contribution in [0, 0.1) is 11.7 Å². The Morgan fingerprint density at radius 1 is 0.897 bits per heavy atom. The Morgan fingerprint density at radius 2 is 1.64 bits per heavy atom. The van der Waals surface area contributed by atoms with Gasteiger partial charge >= 0.3 is 0 Å².